The number of benzene rings is 1. The molecule has 0 saturated heterocycles. The lowest BCUT2D eigenvalue weighted by Gasteiger charge is -2.22. The molecule has 2 saturated carbocycles. The molecule has 2 aliphatic rings. The lowest BCUT2D eigenvalue weighted by Crippen LogP contribution is -2.36. The number of halogens is 1. The van der Waals surface area contributed by atoms with E-state index < -0.39 is 0 Å². The summed E-state index contributed by atoms with van der Waals surface area (Å²) >= 11 is 6.03. The number of hydrogen-bond donors (Lipinski definition) is 2. The summed E-state index contributed by atoms with van der Waals surface area (Å²) in [5.74, 6) is 0.888. The molecule has 0 radical (unpaired) electrons. The third kappa shape index (κ3) is 5.49. The van der Waals surface area contributed by atoms with Crippen LogP contribution in [-0.4, -0.2) is 18.0 Å². The van der Waals surface area contributed by atoms with Crippen LogP contribution in [0, 0.1) is 5.92 Å². The van der Waals surface area contributed by atoms with Gasteiger partial charge in [0.2, 0.25) is 5.91 Å². The summed E-state index contributed by atoms with van der Waals surface area (Å²) in [5, 5.41) is 7.65. The van der Waals surface area contributed by atoms with E-state index >= 15 is 0 Å². The predicted molar refractivity (Wildman–Crippen MR) is 99.1 cm³/mol. The molecule has 3 rings (SSSR count). The Labute approximate surface area is 150 Å². The van der Waals surface area contributed by atoms with Crippen molar-refractivity contribution in [3.63, 3.8) is 0 Å². The predicted octanol–water partition coefficient (Wildman–Crippen LogP) is 4.44. The highest BCUT2D eigenvalue weighted by Gasteiger charge is 2.26. The van der Waals surface area contributed by atoms with Gasteiger partial charge in [0.05, 0.1) is 0 Å². The van der Waals surface area contributed by atoms with Crippen molar-refractivity contribution in [3.05, 3.63) is 34.9 Å². The zero-order valence-electron chi connectivity index (χ0n) is 14.4. The van der Waals surface area contributed by atoms with Crippen LogP contribution < -0.4 is 10.6 Å². The van der Waals surface area contributed by atoms with Gasteiger partial charge >= 0.3 is 0 Å². The van der Waals surface area contributed by atoms with Crippen LogP contribution in [0.15, 0.2) is 24.3 Å². The van der Waals surface area contributed by atoms with Crippen molar-refractivity contribution in [2.45, 2.75) is 76.4 Å². The van der Waals surface area contributed by atoms with Gasteiger partial charge in [-0.1, -0.05) is 43.0 Å². The molecule has 1 amide bonds. The van der Waals surface area contributed by atoms with Crippen LogP contribution in [0.25, 0.3) is 0 Å². The summed E-state index contributed by atoms with van der Waals surface area (Å²) in [7, 11) is 0. The Morgan fingerprint density at radius 1 is 1.08 bits per heavy atom. The Hall–Kier alpha value is -1.06. The number of carbonyl (C=O) groups excluding carboxylic acids is 1. The van der Waals surface area contributed by atoms with Gasteiger partial charge in [-0.2, -0.15) is 0 Å². The van der Waals surface area contributed by atoms with Crippen LogP contribution >= 0.6 is 11.6 Å². The smallest absolute Gasteiger partial charge is 0.220 e. The second-order valence-electron chi connectivity index (χ2n) is 7.49. The third-order valence-electron chi connectivity index (χ3n) is 5.48. The molecule has 132 valence electrons. The van der Waals surface area contributed by atoms with E-state index in [1.165, 1.54) is 37.7 Å². The molecule has 2 N–H and O–H groups in total. The summed E-state index contributed by atoms with van der Waals surface area (Å²) in [6.07, 6.45) is 10.4. The molecule has 0 aromatic heterocycles. The Kier molecular flexibility index (Phi) is 6.56. The Bertz CT molecular complexity index is 542. The molecule has 1 aromatic carbocycles. The van der Waals surface area contributed by atoms with E-state index in [1.54, 1.807) is 0 Å². The van der Waals surface area contributed by atoms with Gasteiger partial charge in [0.15, 0.2) is 0 Å². The number of nitrogens with one attached hydrogen (secondary N) is 2. The zero-order chi connectivity index (χ0) is 16.8. The van der Waals surface area contributed by atoms with E-state index in [0.717, 1.165) is 37.3 Å². The molecule has 1 aromatic rings. The zero-order valence-corrected chi connectivity index (χ0v) is 15.2. The van der Waals surface area contributed by atoms with Crippen LogP contribution in [0.1, 0.15) is 63.4 Å². The average molecular weight is 349 g/mol. The van der Waals surface area contributed by atoms with Crippen LogP contribution in [-0.2, 0) is 11.3 Å². The van der Waals surface area contributed by atoms with Gasteiger partial charge < -0.3 is 10.6 Å². The fourth-order valence-electron chi connectivity index (χ4n) is 4.15. The first-order valence-electron chi connectivity index (χ1n) is 9.46. The molecular weight excluding hydrogens is 320 g/mol. The van der Waals surface area contributed by atoms with Gasteiger partial charge in [-0.3, -0.25) is 4.79 Å². The minimum absolute atomic E-state index is 0.266. The van der Waals surface area contributed by atoms with Crippen molar-refractivity contribution in [2.75, 3.05) is 0 Å². The van der Waals surface area contributed by atoms with Crippen LogP contribution in [0.3, 0.4) is 0 Å². The first-order chi connectivity index (χ1) is 11.7. The van der Waals surface area contributed by atoms with Crippen molar-refractivity contribution >= 4 is 17.5 Å². The summed E-state index contributed by atoms with van der Waals surface area (Å²) in [4.78, 5) is 12.2. The largest absolute Gasteiger partial charge is 0.353 e. The number of rotatable bonds is 6. The summed E-state index contributed by atoms with van der Waals surface area (Å²) in [6, 6.07) is 8.83. The number of hydrogen-bond acceptors (Lipinski definition) is 2. The second-order valence-corrected chi connectivity index (χ2v) is 7.93. The number of carbonyl (C=O) groups is 1. The molecule has 0 bridgehead atoms. The van der Waals surface area contributed by atoms with Crippen molar-refractivity contribution in [3.8, 4) is 0 Å². The molecule has 24 heavy (non-hydrogen) atoms. The van der Waals surface area contributed by atoms with Gasteiger partial charge in [-0.15, -0.1) is 0 Å². The third-order valence-corrected chi connectivity index (χ3v) is 5.72. The van der Waals surface area contributed by atoms with Gasteiger partial charge in [-0.05, 0) is 55.7 Å². The lowest BCUT2D eigenvalue weighted by atomic mass is 9.87. The fraction of sp³-hybridized carbons (Fsp3) is 0.650. The van der Waals surface area contributed by atoms with Gasteiger partial charge in [0.1, 0.15) is 0 Å². The highest BCUT2D eigenvalue weighted by molar-refractivity contribution is 6.30. The molecular formula is C20H29ClN2O. The topological polar surface area (TPSA) is 41.1 Å². The van der Waals surface area contributed by atoms with E-state index in [2.05, 4.69) is 16.7 Å². The second kappa shape index (κ2) is 8.87. The van der Waals surface area contributed by atoms with Gasteiger partial charge in [0.25, 0.3) is 0 Å². The molecule has 0 heterocycles. The minimum atomic E-state index is 0.266. The molecule has 0 unspecified atom stereocenters. The standard InChI is InChI=1S/C20H29ClN2O/c21-17-8-4-7-16(11-17)14-22-18-9-10-19(13-18)23-20(24)12-15-5-2-1-3-6-15/h4,7-8,11,15,18-19,22H,1-3,5-6,9-10,12-14H2,(H,23,24)/t18-,19-/m0/s1. The first-order valence-corrected chi connectivity index (χ1v) is 9.84. The van der Waals surface area contributed by atoms with E-state index in [-0.39, 0.29) is 5.91 Å². The maximum atomic E-state index is 12.2. The van der Waals surface area contributed by atoms with Crippen molar-refractivity contribution in [1.82, 2.24) is 10.6 Å². The average Bonchev–Trinajstić information content (AvgIpc) is 3.01. The highest BCUT2D eigenvalue weighted by Crippen LogP contribution is 2.27. The Balaban J connectivity index is 1.36. The molecule has 0 spiro atoms. The monoisotopic (exact) mass is 348 g/mol. The molecule has 0 aliphatic heterocycles. The molecule has 2 aliphatic carbocycles. The first kappa shape index (κ1) is 17.8. The molecule has 2 fully saturated rings. The lowest BCUT2D eigenvalue weighted by molar-refractivity contribution is -0.122. The van der Waals surface area contributed by atoms with Gasteiger partial charge in [-0.25, -0.2) is 0 Å². The maximum Gasteiger partial charge on any atom is 0.220 e. The molecule has 3 nitrogen and oxygen atoms in total. The van der Waals surface area contributed by atoms with Crippen molar-refractivity contribution in [2.24, 2.45) is 5.92 Å². The van der Waals surface area contributed by atoms with Crippen molar-refractivity contribution < 1.29 is 4.79 Å². The van der Waals surface area contributed by atoms with E-state index in [4.69, 9.17) is 11.6 Å². The van der Waals surface area contributed by atoms with E-state index in [9.17, 15) is 4.79 Å². The fourth-order valence-corrected chi connectivity index (χ4v) is 4.36. The SMILES string of the molecule is O=C(CC1CCCCC1)N[C@H]1CC[C@H](NCc2cccc(Cl)c2)C1. The molecule has 2 atom stereocenters. The molecule has 4 heteroatoms. The van der Waals surface area contributed by atoms with Crippen LogP contribution in [0.5, 0.6) is 0 Å². The minimum Gasteiger partial charge on any atom is -0.353 e. The highest BCUT2D eigenvalue weighted by atomic mass is 35.5. The summed E-state index contributed by atoms with van der Waals surface area (Å²) in [6.45, 7) is 0.841. The summed E-state index contributed by atoms with van der Waals surface area (Å²) < 4.78 is 0. The Morgan fingerprint density at radius 2 is 1.88 bits per heavy atom. The van der Waals surface area contributed by atoms with E-state index in [1.807, 2.05) is 18.2 Å². The maximum absolute atomic E-state index is 12.2. The van der Waals surface area contributed by atoms with Crippen molar-refractivity contribution in [1.29, 1.82) is 0 Å². The van der Waals surface area contributed by atoms with Gasteiger partial charge in [0, 0.05) is 30.1 Å². The quantitative estimate of drug-likeness (QED) is 0.798. The normalized spacial score (nSPS) is 24.9. The van der Waals surface area contributed by atoms with Crippen LogP contribution in [0.2, 0.25) is 5.02 Å². The van der Waals surface area contributed by atoms with Crippen LogP contribution in [0.4, 0.5) is 0 Å². The van der Waals surface area contributed by atoms with E-state index in [0.29, 0.717) is 18.0 Å². The Morgan fingerprint density at radius 3 is 2.67 bits per heavy atom. The number of amides is 1. The summed E-state index contributed by atoms with van der Waals surface area (Å²) in [5.41, 5.74) is 1.22.